The number of nitrogens with two attached hydrogens (primary N) is 1. The van der Waals surface area contributed by atoms with Gasteiger partial charge in [0, 0.05) is 6.92 Å². The Morgan fingerprint density at radius 1 is 1.44 bits per heavy atom. The molecule has 5 nitrogen and oxygen atoms in total. The topological polar surface area (TPSA) is 70.8 Å². The number of ether oxygens (including phenoxy) is 3. The highest BCUT2D eigenvalue weighted by Crippen LogP contribution is 2.21. The van der Waals surface area contributed by atoms with Crippen LogP contribution in [0.4, 0.5) is 10.5 Å². The van der Waals surface area contributed by atoms with E-state index in [1.54, 1.807) is 38.1 Å². The van der Waals surface area contributed by atoms with E-state index < -0.39 is 12.4 Å². The summed E-state index contributed by atoms with van der Waals surface area (Å²) in [6, 6.07) is 6.97. The van der Waals surface area contributed by atoms with Gasteiger partial charge in [0.15, 0.2) is 0 Å². The monoisotopic (exact) mass is 225 g/mol. The van der Waals surface area contributed by atoms with E-state index in [2.05, 4.69) is 4.74 Å². The van der Waals surface area contributed by atoms with Crippen LogP contribution in [0.2, 0.25) is 0 Å². The first-order chi connectivity index (χ1) is 7.63. The summed E-state index contributed by atoms with van der Waals surface area (Å²) in [5.74, 6) is 0.472. The largest absolute Gasteiger partial charge is 0.511 e. The van der Waals surface area contributed by atoms with Crippen LogP contribution in [0.5, 0.6) is 5.75 Å². The number of carbonyl (C=O) groups excluding carboxylic acids is 1. The molecule has 1 rings (SSSR count). The number of hydrogen-bond acceptors (Lipinski definition) is 5. The quantitative estimate of drug-likeness (QED) is 0.483. The molecule has 5 heteroatoms. The van der Waals surface area contributed by atoms with Gasteiger partial charge in [-0.25, -0.2) is 4.79 Å². The molecule has 2 N–H and O–H groups in total. The van der Waals surface area contributed by atoms with Gasteiger partial charge < -0.3 is 19.9 Å². The zero-order valence-electron chi connectivity index (χ0n) is 9.30. The Morgan fingerprint density at radius 3 is 2.75 bits per heavy atom. The fourth-order valence-corrected chi connectivity index (χ4v) is 1.08. The molecule has 0 radical (unpaired) electrons. The van der Waals surface area contributed by atoms with Crippen molar-refractivity contribution in [2.24, 2.45) is 0 Å². The van der Waals surface area contributed by atoms with E-state index in [4.69, 9.17) is 15.2 Å². The van der Waals surface area contributed by atoms with Gasteiger partial charge in [-0.05, 0) is 19.1 Å². The average molecular weight is 225 g/mol. The highest BCUT2D eigenvalue weighted by Gasteiger charge is 2.12. The fraction of sp³-hybridized carbons (Fsp3) is 0.364. The van der Waals surface area contributed by atoms with Crippen LogP contribution in [0.15, 0.2) is 24.3 Å². The smallest absolute Gasteiger partial charge is 0.453 e. The molecule has 0 bridgehead atoms. The molecule has 1 aromatic rings. The number of para-hydroxylation sites is 2. The van der Waals surface area contributed by atoms with Gasteiger partial charge in [0.1, 0.15) is 5.75 Å². The third-order valence-corrected chi connectivity index (χ3v) is 1.74. The molecule has 1 atom stereocenters. The van der Waals surface area contributed by atoms with Crippen LogP contribution < -0.4 is 10.5 Å². The van der Waals surface area contributed by atoms with E-state index in [-0.39, 0.29) is 6.61 Å². The van der Waals surface area contributed by atoms with Crippen molar-refractivity contribution in [2.45, 2.75) is 20.1 Å². The first-order valence-corrected chi connectivity index (χ1v) is 4.98. The Morgan fingerprint density at radius 2 is 2.12 bits per heavy atom. The van der Waals surface area contributed by atoms with Gasteiger partial charge in [0.05, 0.1) is 12.3 Å². The zero-order chi connectivity index (χ0) is 12.0. The van der Waals surface area contributed by atoms with Crippen molar-refractivity contribution in [3.63, 3.8) is 0 Å². The van der Waals surface area contributed by atoms with Crippen molar-refractivity contribution in [1.29, 1.82) is 0 Å². The lowest BCUT2D eigenvalue weighted by Gasteiger charge is -2.15. The van der Waals surface area contributed by atoms with Crippen molar-refractivity contribution < 1.29 is 19.0 Å². The molecule has 0 spiro atoms. The van der Waals surface area contributed by atoms with Crippen molar-refractivity contribution in [3.8, 4) is 5.75 Å². The van der Waals surface area contributed by atoms with E-state index in [9.17, 15) is 4.79 Å². The highest BCUT2D eigenvalue weighted by molar-refractivity contribution is 5.60. The summed E-state index contributed by atoms with van der Waals surface area (Å²) in [7, 11) is 0. The molecule has 88 valence electrons. The molecule has 0 aliphatic carbocycles. The Labute approximate surface area is 94.1 Å². The number of nitrogen functional groups attached to an aromatic ring is 1. The maximum Gasteiger partial charge on any atom is 0.511 e. The summed E-state index contributed by atoms with van der Waals surface area (Å²) in [5, 5.41) is 0. The summed E-state index contributed by atoms with van der Waals surface area (Å²) in [4.78, 5) is 11.0. The molecule has 0 amide bonds. The van der Waals surface area contributed by atoms with Crippen LogP contribution in [0.25, 0.3) is 0 Å². The fourth-order valence-electron chi connectivity index (χ4n) is 1.08. The van der Waals surface area contributed by atoms with Crippen LogP contribution >= 0.6 is 0 Å². The van der Waals surface area contributed by atoms with E-state index >= 15 is 0 Å². The zero-order valence-corrected chi connectivity index (χ0v) is 9.30. The Hall–Kier alpha value is -1.91. The van der Waals surface area contributed by atoms with Crippen LogP contribution in [0.1, 0.15) is 13.8 Å². The van der Waals surface area contributed by atoms with E-state index in [1.807, 2.05) is 0 Å². The third kappa shape index (κ3) is 3.68. The average Bonchev–Trinajstić information content (AvgIpc) is 2.21. The first kappa shape index (κ1) is 12.2. The van der Waals surface area contributed by atoms with Crippen molar-refractivity contribution in [1.82, 2.24) is 0 Å². The molecule has 0 saturated carbocycles. The van der Waals surface area contributed by atoms with Gasteiger partial charge >= 0.3 is 6.16 Å². The minimum atomic E-state index is -0.760. The van der Waals surface area contributed by atoms with Gasteiger partial charge in [-0.1, -0.05) is 12.1 Å². The van der Waals surface area contributed by atoms with Crippen LogP contribution in [0, 0.1) is 0 Å². The lowest BCUT2D eigenvalue weighted by Crippen LogP contribution is -2.21. The van der Waals surface area contributed by atoms with Gasteiger partial charge in [-0.3, -0.25) is 0 Å². The van der Waals surface area contributed by atoms with E-state index in [0.29, 0.717) is 11.4 Å². The lowest BCUT2D eigenvalue weighted by atomic mass is 10.3. The summed E-state index contributed by atoms with van der Waals surface area (Å²) in [6.07, 6.45) is -1.51. The number of hydrogen-bond donors (Lipinski definition) is 1. The minimum Gasteiger partial charge on any atom is -0.453 e. The number of carbonyl (C=O) groups is 1. The van der Waals surface area contributed by atoms with Gasteiger partial charge in [-0.15, -0.1) is 0 Å². The number of anilines is 1. The molecule has 1 unspecified atom stereocenters. The van der Waals surface area contributed by atoms with E-state index in [0.717, 1.165) is 0 Å². The summed E-state index contributed by atoms with van der Waals surface area (Å²) < 4.78 is 14.7. The van der Waals surface area contributed by atoms with Gasteiger partial charge in [-0.2, -0.15) is 0 Å². The molecule has 0 aromatic heterocycles. The molecular formula is C11H15NO4. The summed E-state index contributed by atoms with van der Waals surface area (Å²) in [6.45, 7) is 3.55. The SMILES string of the molecule is CCOC(=O)OC(C)Oc1ccccc1N. The molecule has 0 aliphatic heterocycles. The maximum atomic E-state index is 11.0. The lowest BCUT2D eigenvalue weighted by molar-refractivity contribution is -0.0515. The number of rotatable bonds is 4. The predicted octanol–water partition coefficient (Wildman–Crippen LogP) is 2.17. The number of benzene rings is 1. The van der Waals surface area contributed by atoms with E-state index in [1.165, 1.54) is 0 Å². The second-order valence-electron chi connectivity index (χ2n) is 3.02. The standard InChI is InChI=1S/C11H15NO4/c1-3-14-11(13)16-8(2)15-10-7-5-4-6-9(10)12/h4-8H,3,12H2,1-2H3. The second kappa shape index (κ2) is 5.85. The van der Waals surface area contributed by atoms with Gasteiger partial charge in [0.25, 0.3) is 0 Å². The minimum absolute atomic E-state index is 0.263. The Balaban J connectivity index is 2.48. The molecule has 0 fully saturated rings. The van der Waals surface area contributed by atoms with Crippen molar-refractivity contribution in [2.75, 3.05) is 12.3 Å². The second-order valence-corrected chi connectivity index (χ2v) is 3.02. The van der Waals surface area contributed by atoms with Crippen molar-refractivity contribution >= 4 is 11.8 Å². The Bertz CT molecular complexity index is 354. The van der Waals surface area contributed by atoms with Crippen LogP contribution in [-0.2, 0) is 9.47 Å². The summed E-state index contributed by atoms with van der Waals surface area (Å²) >= 11 is 0. The van der Waals surface area contributed by atoms with Gasteiger partial charge in [0.2, 0.25) is 6.29 Å². The van der Waals surface area contributed by atoms with Crippen LogP contribution in [-0.4, -0.2) is 19.1 Å². The molecular weight excluding hydrogens is 210 g/mol. The summed E-state index contributed by atoms with van der Waals surface area (Å²) in [5.41, 5.74) is 6.15. The molecule has 0 aliphatic rings. The first-order valence-electron chi connectivity index (χ1n) is 4.98. The Kier molecular flexibility index (Phi) is 4.44. The maximum absolute atomic E-state index is 11.0. The normalized spacial score (nSPS) is 11.6. The highest BCUT2D eigenvalue weighted by atomic mass is 16.8. The molecule has 0 heterocycles. The third-order valence-electron chi connectivity index (χ3n) is 1.74. The molecule has 0 saturated heterocycles. The van der Waals surface area contributed by atoms with Crippen molar-refractivity contribution in [3.05, 3.63) is 24.3 Å². The predicted molar refractivity (Wildman–Crippen MR) is 59.1 cm³/mol. The molecule has 1 aromatic carbocycles. The van der Waals surface area contributed by atoms with Crippen LogP contribution in [0.3, 0.4) is 0 Å². The molecule has 16 heavy (non-hydrogen) atoms.